The molecule has 22 heavy (non-hydrogen) atoms. The van der Waals surface area contributed by atoms with Crippen LogP contribution in [-0.2, 0) is 4.74 Å². The van der Waals surface area contributed by atoms with Crippen molar-refractivity contribution in [2.45, 2.75) is 45.3 Å². The molecule has 1 saturated heterocycles. The summed E-state index contributed by atoms with van der Waals surface area (Å²) >= 11 is 3.48. The second-order valence-electron chi connectivity index (χ2n) is 5.34. The van der Waals surface area contributed by atoms with Gasteiger partial charge in [0.25, 0.3) is 0 Å². The topological polar surface area (TPSA) is 88.1 Å². The number of ether oxygens (including phenoxy) is 2. The number of unbranched alkanes of at least 4 members (excludes halogenated alkanes) is 1. The number of aromatic nitrogens is 4. The molecule has 1 aliphatic heterocycles. The van der Waals surface area contributed by atoms with E-state index < -0.39 is 0 Å². The lowest BCUT2D eigenvalue weighted by Crippen LogP contribution is -2.19. The summed E-state index contributed by atoms with van der Waals surface area (Å²) in [4.78, 5) is 13.1. The average Bonchev–Trinajstić information content (AvgIpc) is 2.85. The largest absolute Gasteiger partial charge is 0.463 e. The third-order valence-corrected chi connectivity index (χ3v) is 4.24. The Bertz CT molecular complexity index is 654. The Kier molecular flexibility index (Phi) is 4.77. The van der Waals surface area contributed by atoms with Gasteiger partial charge in [-0.15, -0.1) is 0 Å². The summed E-state index contributed by atoms with van der Waals surface area (Å²) in [6.45, 7) is 3.43. The van der Waals surface area contributed by atoms with Crippen LogP contribution in [0.4, 0.5) is 5.82 Å². The molecule has 120 valence electrons. The van der Waals surface area contributed by atoms with Crippen LogP contribution in [0.5, 0.6) is 6.01 Å². The molecule has 2 aromatic heterocycles. The van der Waals surface area contributed by atoms with Crippen LogP contribution in [0.3, 0.4) is 0 Å². The fourth-order valence-corrected chi connectivity index (χ4v) is 3.08. The van der Waals surface area contributed by atoms with Crippen LogP contribution in [0.15, 0.2) is 4.73 Å². The van der Waals surface area contributed by atoms with Crippen molar-refractivity contribution in [3.8, 4) is 6.01 Å². The van der Waals surface area contributed by atoms with Gasteiger partial charge in [-0.3, -0.25) is 4.57 Å². The molecule has 0 bridgehead atoms. The maximum absolute atomic E-state index is 6.00. The molecule has 0 aromatic carbocycles. The molecular formula is C14H20BrN5O2. The summed E-state index contributed by atoms with van der Waals surface area (Å²) in [5.74, 6) is 0.326. The zero-order valence-corrected chi connectivity index (χ0v) is 14.2. The van der Waals surface area contributed by atoms with E-state index in [1.165, 1.54) is 0 Å². The molecule has 1 atom stereocenters. The first-order valence-electron chi connectivity index (χ1n) is 7.66. The number of imidazole rings is 1. The lowest BCUT2D eigenvalue weighted by molar-refractivity contribution is -0.0311. The predicted octanol–water partition coefficient (Wildman–Crippen LogP) is 3.05. The number of halogens is 1. The van der Waals surface area contributed by atoms with Gasteiger partial charge in [-0.05, 0) is 41.6 Å². The fraction of sp³-hybridized carbons (Fsp3) is 0.643. The van der Waals surface area contributed by atoms with Gasteiger partial charge < -0.3 is 15.2 Å². The molecule has 0 spiro atoms. The molecule has 3 rings (SSSR count). The predicted molar refractivity (Wildman–Crippen MR) is 86.7 cm³/mol. The van der Waals surface area contributed by atoms with Crippen molar-refractivity contribution in [3.63, 3.8) is 0 Å². The number of hydrogen-bond acceptors (Lipinski definition) is 6. The fourth-order valence-electron chi connectivity index (χ4n) is 2.50. The van der Waals surface area contributed by atoms with Crippen LogP contribution in [0.25, 0.3) is 11.2 Å². The number of hydrogen-bond donors (Lipinski definition) is 1. The van der Waals surface area contributed by atoms with Crippen molar-refractivity contribution in [1.82, 2.24) is 19.5 Å². The summed E-state index contributed by atoms with van der Waals surface area (Å²) < 4.78 is 14.0. The van der Waals surface area contributed by atoms with Gasteiger partial charge in [0.1, 0.15) is 6.23 Å². The van der Waals surface area contributed by atoms with Gasteiger partial charge in [-0.2, -0.15) is 9.97 Å². The minimum Gasteiger partial charge on any atom is -0.463 e. The normalized spacial score (nSPS) is 18.7. The number of anilines is 1. The van der Waals surface area contributed by atoms with Gasteiger partial charge >= 0.3 is 6.01 Å². The van der Waals surface area contributed by atoms with Gasteiger partial charge in [-0.1, -0.05) is 13.3 Å². The van der Waals surface area contributed by atoms with E-state index in [9.17, 15) is 0 Å². The summed E-state index contributed by atoms with van der Waals surface area (Å²) in [7, 11) is 0. The highest BCUT2D eigenvalue weighted by Gasteiger charge is 2.24. The molecule has 1 aliphatic rings. The van der Waals surface area contributed by atoms with Gasteiger partial charge in [0.05, 0.1) is 6.61 Å². The van der Waals surface area contributed by atoms with Gasteiger partial charge in [0, 0.05) is 6.61 Å². The van der Waals surface area contributed by atoms with Crippen LogP contribution in [0.1, 0.15) is 45.3 Å². The van der Waals surface area contributed by atoms with E-state index >= 15 is 0 Å². The van der Waals surface area contributed by atoms with Crippen molar-refractivity contribution < 1.29 is 9.47 Å². The lowest BCUT2D eigenvalue weighted by Gasteiger charge is -2.24. The molecule has 2 N–H and O–H groups in total. The van der Waals surface area contributed by atoms with Gasteiger partial charge in [0.15, 0.2) is 21.7 Å². The van der Waals surface area contributed by atoms with Crippen LogP contribution in [-0.4, -0.2) is 32.7 Å². The highest BCUT2D eigenvalue weighted by Crippen LogP contribution is 2.32. The Morgan fingerprint density at radius 2 is 2.23 bits per heavy atom. The van der Waals surface area contributed by atoms with Gasteiger partial charge in [0.2, 0.25) is 0 Å². The zero-order chi connectivity index (χ0) is 15.5. The monoisotopic (exact) mass is 369 g/mol. The molecule has 7 nitrogen and oxygen atoms in total. The number of fused-ring (bicyclic) bond motifs is 1. The van der Waals surface area contributed by atoms with Crippen LogP contribution in [0, 0.1) is 0 Å². The van der Waals surface area contributed by atoms with Crippen LogP contribution < -0.4 is 10.5 Å². The van der Waals surface area contributed by atoms with Crippen molar-refractivity contribution in [1.29, 1.82) is 0 Å². The number of nitrogen functional groups attached to an aromatic ring is 1. The van der Waals surface area contributed by atoms with Crippen molar-refractivity contribution in [2.24, 2.45) is 0 Å². The SMILES string of the molecule is CCCCOc1nc(N)c2nc(Br)n([C@@H]3CCCCO3)c2n1. The smallest absolute Gasteiger partial charge is 0.320 e. The second kappa shape index (κ2) is 6.78. The molecule has 3 heterocycles. The molecule has 0 unspecified atom stereocenters. The maximum atomic E-state index is 6.00. The summed E-state index contributed by atoms with van der Waals surface area (Å²) in [6, 6.07) is 0.294. The quantitative estimate of drug-likeness (QED) is 0.643. The minimum absolute atomic E-state index is 0.0779. The molecule has 2 aromatic rings. The van der Waals surface area contributed by atoms with Crippen molar-refractivity contribution in [3.05, 3.63) is 4.73 Å². The Balaban J connectivity index is 1.98. The second-order valence-corrected chi connectivity index (χ2v) is 6.05. The molecule has 0 radical (unpaired) electrons. The number of nitrogens with zero attached hydrogens (tertiary/aromatic N) is 4. The molecule has 0 saturated carbocycles. The molecule has 1 fully saturated rings. The Labute approximate surface area is 137 Å². The van der Waals surface area contributed by atoms with Gasteiger partial charge in [-0.25, -0.2) is 4.98 Å². The lowest BCUT2D eigenvalue weighted by atomic mass is 10.2. The molecule has 8 heteroatoms. The third kappa shape index (κ3) is 3.03. The van der Waals surface area contributed by atoms with Crippen molar-refractivity contribution in [2.75, 3.05) is 18.9 Å². The van der Waals surface area contributed by atoms with E-state index in [4.69, 9.17) is 15.2 Å². The Morgan fingerprint density at radius 3 is 2.95 bits per heavy atom. The van der Waals surface area contributed by atoms with E-state index in [1.807, 2.05) is 4.57 Å². The van der Waals surface area contributed by atoms with E-state index in [2.05, 4.69) is 37.8 Å². The third-order valence-electron chi connectivity index (χ3n) is 3.68. The summed E-state index contributed by atoms with van der Waals surface area (Å²) in [5.41, 5.74) is 7.23. The molecule has 0 amide bonds. The summed E-state index contributed by atoms with van der Waals surface area (Å²) in [5, 5.41) is 0. The Hall–Kier alpha value is -1.41. The first kappa shape index (κ1) is 15.5. The van der Waals surface area contributed by atoms with E-state index in [0.717, 1.165) is 38.7 Å². The standard InChI is InChI=1S/C14H20BrN5O2/c1-2-3-7-22-14-18-11(16)10-12(19-14)20(13(15)17-10)9-6-4-5-8-21-9/h9H,2-8H2,1H3,(H2,16,18,19)/t9-/m0/s1. The van der Waals surface area contributed by atoms with E-state index in [0.29, 0.717) is 34.3 Å². The molecular weight excluding hydrogens is 350 g/mol. The average molecular weight is 370 g/mol. The maximum Gasteiger partial charge on any atom is 0.320 e. The van der Waals surface area contributed by atoms with E-state index in [1.54, 1.807) is 0 Å². The highest BCUT2D eigenvalue weighted by molar-refractivity contribution is 9.10. The highest BCUT2D eigenvalue weighted by atomic mass is 79.9. The van der Waals surface area contributed by atoms with Crippen LogP contribution in [0.2, 0.25) is 0 Å². The number of nitrogens with two attached hydrogens (primary N) is 1. The first-order chi connectivity index (χ1) is 10.7. The zero-order valence-electron chi connectivity index (χ0n) is 12.6. The first-order valence-corrected chi connectivity index (χ1v) is 8.45. The van der Waals surface area contributed by atoms with Crippen molar-refractivity contribution >= 4 is 32.9 Å². The van der Waals surface area contributed by atoms with Crippen LogP contribution >= 0.6 is 15.9 Å². The number of rotatable bonds is 5. The van der Waals surface area contributed by atoms with E-state index in [-0.39, 0.29) is 6.23 Å². The summed E-state index contributed by atoms with van der Waals surface area (Å²) in [6.07, 6.45) is 5.07. The molecule has 0 aliphatic carbocycles. The minimum atomic E-state index is -0.0779. The Morgan fingerprint density at radius 1 is 1.36 bits per heavy atom.